The van der Waals surface area contributed by atoms with Gasteiger partial charge in [0.15, 0.2) is 9.84 Å². The molecular weight excluding hydrogens is 274 g/mol. The summed E-state index contributed by atoms with van der Waals surface area (Å²) < 4.78 is 24.6. The van der Waals surface area contributed by atoms with Gasteiger partial charge < -0.3 is 5.32 Å². The average molecular weight is 293 g/mol. The van der Waals surface area contributed by atoms with Crippen LogP contribution in [0.1, 0.15) is 18.1 Å². The smallest absolute Gasteiger partial charge is 0.175 e. The third-order valence-corrected chi connectivity index (χ3v) is 4.15. The Balaban J connectivity index is 1.88. The average Bonchev–Trinajstić information content (AvgIpc) is 2.86. The summed E-state index contributed by atoms with van der Waals surface area (Å²) in [6, 6.07) is 6.95. The van der Waals surface area contributed by atoms with Crippen LogP contribution in [0.3, 0.4) is 0 Å². The summed E-state index contributed by atoms with van der Waals surface area (Å²) in [5, 5.41) is 7.52. The fourth-order valence-corrected chi connectivity index (χ4v) is 2.51. The monoisotopic (exact) mass is 293 g/mol. The molecule has 1 aromatic carbocycles. The van der Waals surface area contributed by atoms with Gasteiger partial charge in [0.1, 0.15) is 0 Å². The molecule has 2 rings (SSSR count). The Morgan fingerprint density at radius 2 is 1.80 bits per heavy atom. The van der Waals surface area contributed by atoms with Crippen LogP contribution in [0.15, 0.2) is 41.6 Å². The Labute approximate surface area is 119 Å². The minimum atomic E-state index is -3.11. The summed E-state index contributed by atoms with van der Waals surface area (Å²) in [6.45, 7) is 4.36. The van der Waals surface area contributed by atoms with Crippen LogP contribution in [0.4, 0.5) is 0 Å². The van der Waals surface area contributed by atoms with E-state index >= 15 is 0 Å². The molecule has 0 bridgehead atoms. The van der Waals surface area contributed by atoms with Crippen LogP contribution in [-0.4, -0.2) is 24.5 Å². The van der Waals surface area contributed by atoms with E-state index in [-0.39, 0.29) is 0 Å². The summed E-state index contributed by atoms with van der Waals surface area (Å²) >= 11 is 0. The highest BCUT2D eigenvalue weighted by molar-refractivity contribution is 7.90. The molecule has 0 amide bonds. The van der Waals surface area contributed by atoms with E-state index < -0.39 is 9.84 Å². The molecule has 0 saturated heterocycles. The van der Waals surface area contributed by atoms with Gasteiger partial charge in [-0.1, -0.05) is 12.1 Å². The van der Waals surface area contributed by atoms with Crippen LogP contribution in [0.2, 0.25) is 0 Å². The van der Waals surface area contributed by atoms with Crippen molar-refractivity contribution in [3.8, 4) is 0 Å². The summed E-state index contributed by atoms with van der Waals surface area (Å²) in [6.07, 6.45) is 5.08. The van der Waals surface area contributed by atoms with Crippen LogP contribution in [0.5, 0.6) is 0 Å². The maximum Gasteiger partial charge on any atom is 0.175 e. The molecule has 0 radical (unpaired) electrons. The lowest BCUT2D eigenvalue weighted by Crippen LogP contribution is -2.12. The molecular formula is C14H19N3O2S. The molecule has 0 fully saturated rings. The molecule has 0 aliphatic heterocycles. The van der Waals surface area contributed by atoms with Gasteiger partial charge in [-0.2, -0.15) is 5.10 Å². The maximum atomic E-state index is 11.3. The van der Waals surface area contributed by atoms with Crippen molar-refractivity contribution in [2.24, 2.45) is 0 Å². The second-order valence-corrected chi connectivity index (χ2v) is 6.74. The molecule has 0 atom stereocenters. The molecule has 2 aromatic rings. The SMILES string of the molecule is CCn1cc(CNCc2ccc(S(C)(=O)=O)cc2)cn1. The van der Waals surface area contributed by atoms with Crippen molar-refractivity contribution in [3.05, 3.63) is 47.8 Å². The summed E-state index contributed by atoms with van der Waals surface area (Å²) in [5.74, 6) is 0. The van der Waals surface area contributed by atoms with Gasteiger partial charge in [-0.05, 0) is 24.6 Å². The van der Waals surface area contributed by atoms with Gasteiger partial charge in [-0.25, -0.2) is 8.42 Å². The van der Waals surface area contributed by atoms with Gasteiger partial charge in [0, 0.05) is 37.7 Å². The molecule has 5 nitrogen and oxygen atoms in total. The number of hydrogen-bond acceptors (Lipinski definition) is 4. The highest BCUT2D eigenvalue weighted by atomic mass is 32.2. The molecule has 0 spiro atoms. The summed E-state index contributed by atoms with van der Waals surface area (Å²) in [7, 11) is -3.11. The number of nitrogens with one attached hydrogen (secondary N) is 1. The van der Waals surface area contributed by atoms with Crippen molar-refractivity contribution in [3.63, 3.8) is 0 Å². The molecule has 1 heterocycles. The predicted octanol–water partition coefficient (Wildman–Crippen LogP) is 1.60. The molecule has 0 saturated carbocycles. The number of sulfone groups is 1. The number of aromatic nitrogens is 2. The molecule has 1 aromatic heterocycles. The van der Waals surface area contributed by atoms with Gasteiger partial charge in [0.05, 0.1) is 11.1 Å². The third kappa shape index (κ3) is 3.91. The van der Waals surface area contributed by atoms with Crippen LogP contribution >= 0.6 is 0 Å². The largest absolute Gasteiger partial charge is 0.309 e. The lowest BCUT2D eigenvalue weighted by Gasteiger charge is -2.04. The molecule has 20 heavy (non-hydrogen) atoms. The minimum absolute atomic E-state index is 0.352. The van der Waals surface area contributed by atoms with E-state index in [9.17, 15) is 8.42 Å². The van der Waals surface area contributed by atoms with Crippen LogP contribution in [0.25, 0.3) is 0 Å². The van der Waals surface area contributed by atoms with Crippen molar-refractivity contribution >= 4 is 9.84 Å². The number of hydrogen-bond donors (Lipinski definition) is 1. The van der Waals surface area contributed by atoms with E-state index in [2.05, 4.69) is 10.4 Å². The quantitative estimate of drug-likeness (QED) is 0.878. The molecule has 6 heteroatoms. The number of nitrogens with zero attached hydrogens (tertiary/aromatic N) is 2. The van der Waals surface area contributed by atoms with E-state index in [1.165, 1.54) is 6.26 Å². The first-order valence-electron chi connectivity index (χ1n) is 6.50. The fraction of sp³-hybridized carbons (Fsp3) is 0.357. The number of aryl methyl sites for hydroxylation is 1. The van der Waals surface area contributed by atoms with Crippen LogP contribution in [0, 0.1) is 0 Å². The zero-order valence-electron chi connectivity index (χ0n) is 11.7. The predicted molar refractivity (Wildman–Crippen MR) is 78.0 cm³/mol. The zero-order chi connectivity index (χ0) is 14.6. The molecule has 0 aliphatic rings. The number of rotatable bonds is 6. The second-order valence-electron chi connectivity index (χ2n) is 4.72. The van der Waals surface area contributed by atoms with E-state index in [0.29, 0.717) is 11.4 Å². The minimum Gasteiger partial charge on any atom is -0.309 e. The van der Waals surface area contributed by atoms with Crippen molar-refractivity contribution in [2.45, 2.75) is 31.5 Å². The molecule has 108 valence electrons. The maximum absolute atomic E-state index is 11.3. The fourth-order valence-electron chi connectivity index (χ4n) is 1.88. The molecule has 0 unspecified atom stereocenters. The van der Waals surface area contributed by atoms with Crippen molar-refractivity contribution < 1.29 is 8.42 Å². The van der Waals surface area contributed by atoms with Crippen LogP contribution < -0.4 is 5.32 Å². The lowest BCUT2D eigenvalue weighted by molar-refractivity contribution is 0.602. The number of benzene rings is 1. The first-order chi connectivity index (χ1) is 9.49. The van der Waals surface area contributed by atoms with Gasteiger partial charge in [-0.3, -0.25) is 4.68 Å². The Hall–Kier alpha value is -1.66. The van der Waals surface area contributed by atoms with Crippen LogP contribution in [-0.2, 0) is 29.5 Å². The molecule has 1 N–H and O–H groups in total. The summed E-state index contributed by atoms with van der Waals surface area (Å²) in [4.78, 5) is 0.352. The Bertz CT molecular complexity index is 660. The van der Waals surface area contributed by atoms with Gasteiger partial charge >= 0.3 is 0 Å². The standard InChI is InChI=1S/C14H19N3O2S/c1-3-17-11-13(10-16-17)9-15-8-12-4-6-14(7-5-12)20(2,18)19/h4-7,10-11,15H,3,8-9H2,1-2H3. The van der Waals surface area contributed by atoms with Gasteiger partial charge in [0.2, 0.25) is 0 Å². The van der Waals surface area contributed by atoms with Gasteiger partial charge in [0.25, 0.3) is 0 Å². The van der Waals surface area contributed by atoms with Crippen molar-refractivity contribution in [1.29, 1.82) is 0 Å². The van der Waals surface area contributed by atoms with Crippen molar-refractivity contribution in [2.75, 3.05) is 6.26 Å². The summed E-state index contributed by atoms with van der Waals surface area (Å²) in [5.41, 5.74) is 2.19. The first kappa shape index (κ1) is 14.7. The zero-order valence-corrected chi connectivity index (χ0v) is 12.5. The Morgan fingerprint density at radius 1 is 1.15 bits per heavy atom. The van der Waals surface area contributed by atoms with E-state index in [4.69, 9.17) is 0 Å². The highest BCUT2D eigenvalue weighted by Gasteiger charge is 2.05. The van der Waals surface area contributed by atoms with E-state index in [1.807, 2.05) is 36.1 Å². The third-order valence-electron chi connectivity index (χ3n) is 3.02. The molecule has 0 aliphatic carbocycles. The van der Waals surface area contributed by atoms with Crippen molar-refractivity contribution in [1.82, 2.24) is 15.1 Å². The normalized spacial score (nSPS) is 11.7. The lowest BCUT2D eigenvalue weighted by atomic mass is 10.2. The Morgan fingerprint density at radius 3 is 2.35 bits per heavy atom. The Kier molecular flexibility index (Phi) is 4.57. The van der Waals surface area contributed by atoms with E-state index in [1.54, 1.807) is 12.1 Å². The second kappa shape index (κ2) is 6.19. The van der Waals surface area contributed by atoms with E-state index in [0.717, 1.165) is 24.2 Å². The van der Waals surface area contributed by atoms with Gasteiger partial charge in [-0.15, -0.1) is 0 Å². The highest BCUT2D eigenvalue weighted by Crippen LogP contribution is 2.10. The first-order valence-corrected chi connectivity index (χ1v) is 8.39. The topological polar surface area (TPSA) is 64.0 Å².